The van der Waals surface area contributed by atoms with Crippen molar-refractivity contribution in [1.82, 2.24) is 10.2 Å². The maximum atomic E-state index is 12.6. The summed E-state index contributed by atoms with van der Waals surface area (Å²) in [6.45, 7) is 9.07. The van der Waals surface area contributed by atoms with Crippen LogP contribution in [-0.4, -0.2) is 36.4 Å². The molecule has 5 nitrogen and oxygen atoms in total. The van der Waals surface area contributed by atoms with E-state index < -0.39 is 6.04 Å². The molecule has 0 unspecified atom stereocenters. The minimum atomic E-state index is -0.445. The van der Waals surface area contributed by atoms with E-state index in [0.717, 1.165) is 17.7 Å². The Bertz CT molecular complexity index is 540. The predicted molar refractivity (Wildman–Crippen MR) is 100 cm³/mol. The van der Waals surface area contributed by atoms with Gasteiger partial charge in [0.2, 0.25) is 11.8 Å². The Kier molecular flexibility index (Phi) is 9.03. The van der Waals surface area contributed by atoms with Crippen LogP contribution in [0.1, 0.15) is 52.5 Å². The van der Waals surface area contributed by atoms with Crippen molar-refractivity contribution in [3.8, 4) is 5.75 Å². The molecule has 1 N–H and O–H groups in total. The van der Waals surface area contributed by atoms with Crippen molar-refractivity contribution in [1.29, 1.82) is 0 Å². The molecular formula is C20H32N2O3. The molecule has 0 spiro atoms. The lowest BCUT2D eigenvalue weighted by atomic mass is 10.1. The van der Waals surface area contributed by atoms with Gasteiger partial charge in [0.05, 0.1) is 7.11 Å². The van der Waals surface area contributed by atoms with Crippen LogP contribution in [0.5, 0.6) is 5.75 Å². The van der Waals surface area contributed by atoms with Crippen LogP contribution in [-0.2, 0) is 16.1 Å². The Hall–Kier alpha value is -2.04. The van der Waals surface area contributed by atoms with Crippen molar-refractivity contribution in [2.75, 3.05) is 13.7 Å². The minimum Gasteiger partial charge on any atom is -0.497 e. The van der Waals surface area contributed by atoms with Crippen molar-refractivity contribution in [3.63, 3.8) is 0 Å². The van der Waals surface area contributed by atoms with Crippen LogP contribution in [0.15, 0.2) is 24.3 Å². The van der Waals surface area contributed by atoms with E-state index in [1.807, 2.05) is 38.1 Å². The fraction of sp³-hybridized carbons (Fsp3) is 0.600. The summed E-state index contributed by atoms with van der Waals surface area (Å²) < 4.78 is 5.18. The lowest BCUT2D eigenvalue weighted by molar-refractivity contribution is -0.141. The van der Waals surface area contributed by atoms with Gasteiger partial charge >= 0.3 is 0 Å². The first-order chi connectivity index (χ1) is 11.9. The van der Waals surface area contributed by atoms with Gasteiger partial charge in [-0.1, -0.05) is 39.8 Å². The lowest BCUT2D eigenvalue weighted by Crippen LogP contribution is -2.49. The molecule has 5 heteroatoms. The SMILES string of the molecule is CCCC(=O)N(Cc1ccc(OC)cc1)[C@H](CC)C(=O)NCC(C)C. The van der Waals surface area contributed by atoms with E-state index in [9.17, 15) is 9.59 Å². The highest BCUT2D eigenvalue weighted by atomic mass is 16.5. The van der Waals surface area contributed by atoms with Gasteiger partial charge in [-0.3, -0.25) is 9.59 Å². The molecular weight excluding hydrogens is 316 g/mol. The Morgan fingerprint density at radius 3 is 2.28 bits per heavy atom. The number of hydrogen-bond donors (Lipinski definition) is 1. The summed E-state index contributed by atoms with van der Waals surface area (Å²) in [6, 6.07) is 7.17. The number of ether oxygens (including phenoxy) is 1. The quantitative estimate of drug-likeness (QED) is 0.705. The van der Waals surface area contributed by atoms with Crippen LogP contribution in [0, 0.1) is 5.92 Å². The Balaban J connectivity index is 2.95. The third-order valence-electron chi connectivity index (χ3n) is 4.05. The Labute approximate surface area is 151 Å². The first kappa shape index (κ1) is 21.0. The molecule has 25 heavy (non-hydrogen) atoms. The predicted octanol–water partition coefficient (Wildman–Crippen LogP) is 3.37. The van der Waals surface area contributed by atoms with Crippen molar-refractivity contribution in [3.05, 3.63) is 29.8 Å². The van der Waals surface area contributed by atoms with E-state index in [0.29, 0.717) is 31.8 Å². The molecule has 0 aromatic heterocycles. The number of hydrogen-bond acceptors (Lipinski definition) is 3. The smallest absolute Gasteiger partial charge is 0.242 e. The highest BCUT2D eigenvalue weighted by Crippen LogP contribution is 2.17. The largest absolute Gasteiger partial charge is 0.497 e. The fourth-order valence-electron chi connectivity index (χ4n) is 2.63. The standard InChI is InChI=1S/C20H32N2O3/c1-6-8-19(23)22(14-16-9-11-17(25-5)12-10-16)18(7-2)20(24)21-13-15(3)4/h9-12,15,18H,6-8,13-14H2,1-5H3,(H,21,24)/t18-/m1/s1. The summed E-state index contributed by atoms with van der Waals surface area (Å²) >= 11 is 0. The molecule has 1 aromatic carbocycles. The monoisotopic (exact) mass is 348 g/mol. The van der Waals surface area contributed by atoms with Gasteiger partial charge in [0.15, 0.2) is 0 Å². The zero-order valence-corrected chi connectivity index (χ0v) is 16.2. The molecule has 1 aromatic rings. The molecule has 0 saturated heterocycles. The third-order valence-corrected chi connectivity index (χ3v) is 4.05. The van der Waals surface area contributed by atoms with Crippen LogP contribution >= 0.6 is 0 Å². The topological polar surface area (TPSA) is 58.6 Å². The summed E-state index contributed by atoms with van der Waals surface area (Å²) in [7, 11) is 1.62. The summed E-state index contributed by atoms with van der Waals surface area (Å²) in [4.78, 5) is 26.9. The van der Waals surface area contributed by atoms with Gasteiger partial charge in [-0.15, -0.1) is 0 Å². The van der Waals surface area contributed by atoms with Gasteiger partial charge in [-0.05, 0) is 36.5 Å². The third kappa shape index (κ3) is 6.77. The van der Waals surface area contributed by atoms with E-state index in [2.05, 4.69) is 19.2 Å². The summed E-state index contributed by atoms with van der Waals surface area (Å²) in [5, 5.41) is 2.96. The number of nitrogens with zero attached hydrogens (tertiary/aromatic N) is 1. The Morgan fingerprint density at radius 2 is 1.80 bits per heavy atom. The lowest BCUT2D eigenvalue weighted by Gasteiger charge is -2.31. The number of benzene rings is 1. The minimum absolute atomic E-state index is 0.0184. The van der Waals surface area contributed by atoms with Gasteiger partial charge in [0.25, 0.3) is 0 Å². The summed E-state index contributed by atoms with van der Waals surface area (Å²) in [5.74, 6) is 1.10. The van der Waals surface area contributed by atoms with E-state index >= 15 is 0 Å². The Morgan fingerprint density at radius 1 is 1.16 bits per heavy atom. The number of carbonyl (C=O) groups excluding carboxylic acids is 2. The number of carbonyl (C=O) groups is 2. The van der Waals surface area contributed by atoms with Gasteiger partial charge < -0.3 is 15.0 Å². The van der Waals surface area contributed by atoms with Crippen LogP contribution in [0.2, 0.25) is 0 Å². The summed E-state index contributed by atoms with van der Waals surface area (Å²) in [5.41, 5.74) is 0.986. The zero-order valence-electron chi connectivity index (χ0n) is 16.2. The van der Waals surface area contributed by atoms with E-state index in [1.165, 1.54) is 0 Å². The van der Waals surface area contributed by atoms with Crippen LogP contribution in [0.3, 0.4) is 0 Å². The van der Waals surface area contributed by atoms with Gasteiger partial charge in [-0.25, -0.2) is 0 Å². The molecule has 0 bridgehead atoms. The first-order valence-electron chi connectivity index (χ1n) is 9.12. The molecule has 140 valence electrons. The molecule has 0 saturated carbocycles. The molecule has 0 aliphatic carbocycles. The molecule has 0 aliphatic rings. The molecule has 2 amide bonds. The molecule has 1 rings (SSSR count). The average molecular weight is 348 g/mol. The maximum absolute atomic E-state index is 12.6. The second kappa shape index (κ2) is 10.7. The second-order valence-corrected chi connectivity index (χ2v) is 6.68. The highest BCUT2D eigenvalue weighted by Gasteiger charge is 2.28. The molecule has 0 aliphatic heterocycles. The second-order valence-electron chi connectivity index (χ2n) is 6.68. The van der Waals surface area contributed by atoms with Crippen LogP contribution in [0.4, 0.5) is 0 Å². The maximum Gasteiger partial charge on any atom is 0.242 e. The van der Waals surface area contributed by atoms with Gasteiger partial charge in [-0.2, -0.15) is 0 Å². The van der Waals surface area contributed by atoms with Crippen molar-refractivity contribution < 1.29 is 14.3 Å². The number of amides is 2. The van der Waals surface area contributed by atoms with Gasteiger partial charge in [0, 0.05) is 19.5 Å². The molecule has 1 atom stereocenters. The van der Waals surface area contributed by atoms with Crippen LogP contribution in [0.25, 0.3) is 0 Å². The average Bonchev–Trinajstić information content (AvgIpc) is 2.60. The number of nitrogens with one attached hydrogen (secondary N) is 1. The molecule has 0 heterocycles. The van der Waals surface area contributed by atoms with Crippen molar-refractivity contribution in [2.45, 2.75) is 59.5 Å². The van der Waals surface area contributed by atoms with Crippen molar-refractivity contribution in [2.24, 2.45) is 5.92 Å². The number of methoxy groups -OCH3 is 1. The fourth-order valence-corrected chi connectivity index (χ4v) is 2.63. The first-order valence-corrected chi connectivity index (χ1v) is 9.12. The normalized spacial score (nSPS) is 11.9. The van der Waals surface area contributed by atoms with E-state index in [1.54, 1.807) is 12.0 Å². The summed E-state index contributed by atoms with van der Waals surface area (Å²) in [6.07, 6.45) is 1.81. The van der Waals surface area contributed by atoms with Crippen molar-refractivity contribution >= 4 is 11.8 Å². The van der Waals surface area contributed by atoms with Gasteiger partial charge in [0.1, 0.15) is 11.8 Å². The molecule has 0 radical (unpaired) electrons. The number of rotatable bonds is 10. The zero-order chi connectivity index (χ0) is 18.8. The van der Waals surface area contributed by atoms with E-state index in [-0.39, 0.29) is 11.8 Å². The molecule has 0 fully saturated rings. The van der Waals surface area contributed by atoms with Crippen LogP contribution < -0.4 is 10.1 Å². The van der Waals surface area contributed by atoms with E-state index in [4.69, 9.17) is 4.74 Å². The highest BCUT2D eigenvalue weighted by molar-refractivity contribution is 5.87.